The van der Waals surface area contributed by atoms with E-state index < -0.39 is 23.1 Å². The van der Waals surface area contributed by atoms with Crippen molar-refractivity contribution in [2.24, 2.45) is 0 Å². The molecule has 0 bridgehead atoms. The Morgan fingerprint density at radius 1 is 1.07 bits per heavy atom. The van der Waals surface area contributed by atoms with E-state index in [4.69, 9.17) is 20.0 Å². The monoisotopic (exact) mass is 543 g/mol. The molecule has 0 aliphatic carbocycles. The summed E-state index contributed by atoms with van der Waals surface area (Å²) in [6.07, 6.45) is 3.94. The molecule has 0 saturated carbocycles. The molecule has 6 aromatic rings. The molecule has 0 aliphatic rings. The summed E-state index contributed by atoms with van der Waals surface area (Å²) in [6, 6.07) is 7.91. The number of nitrogen functional groups attached to an aromatic ring is 1. The molecular weight excluding hydrogens is 520 g/mol. The number of imidazole rings is 1. The van der Waals surface area contributed by atoms with Crippen molar-refractivity contribution >= 4 is 27.8 Å². The first-order valence-electron chi connectivity index (χ1n) is 12.4. The fourth-order valence-electron chi connectivity index (χ4n) is 4.73. The topological polar surface area (TPSA) is 138 Å². The van der Waals surface area contributed by atoms with Crippen molar-refractivity contribution in [2.45, 2.75) is 32.9 Å². The van der Waals surface area contributed by atoms with Gasteiger partial charge < -0.3 is 19.9 Å². The molecule has 4 aromatic heterocycles. The standard InChI is InChI=1S/C28H23F2N7O3/c1-13(2)39-19-8-7-15(9-17(19)30)24-23-27(31)34-12-35-28(23)37(36-24)14(3)26-22(18-10-32-11-33-18)25(38)21-16(29)5-4-6-20(21)40-26/h4-14H,1-3H3,(H,32,33)(H2,31,34,35). The van der Waals surface area contributed by atoms with Crippen LogP contribution in [0.25, 0.3) is 44.5 Å². The van der Waals surface area contributed by atoms with Crippen molar-refractivity contribution in [1.82, 2.24) is 29.7 Å². The van der Waals surface area contributed by atoms with E-state index in [1.54, 1.807) is 26.8 Å². The van der Waals surface area contributed by atoms with E-state index in [0.717, 1.165) is 0 Å². The Morgan fingerprint density at radius 2 is 1.90 bits per heavy atom. The van der Waals surface area contributed by atoms with Gasteiger partial charge >= 0.3 is 0 Å². The van der Waals surface area contributed by atoms with Crippen molar-refractivity contribution in [3.63, 3.8) is 0 Å². The maximum atomic E-state index is 15.0. The third-order valence-corrected chi connectivity index (χ3v) is 6.50. The fraction of sp³-hybridized carbons (Fsp3) is 0.179. The van der Waals surface area contributed by atoms with Crippen molar-refractivity contribution in [3.8, 4) is 28.3 Å². The molecule has 40 heavy (non-hydrogen) atoms. The number of hydrogen-bond donors (Lipinski definition) is 2. The Kier molecular flexibility index (Phi) is 6.01. The zero-order valence-electron chi connectivity index (χ0n) is 21.6. The van der Waals surface area contributed by atoms with Crippen LogP contribution in [0.15, 0.2) is 64.5 Å². The highest BCUT2D eigenvalue weighted by Gasteiger charge is 2.28. The van der Waals surface area contributed by atoms with Gasteiger partial charge in [-0.1, -0.05) is 6.07 Å². The Morgan fingerprint density at radius 3 is 2.62 bits per heavy atom. The minimum Gasteiger partial charge on any atom is -0.488 e. The summed E-state index contributed by atoms with van der Waals surface area (Å²) < 4.78 is 42.9. The van der Waals surface area contributed by atoms with Gasteiger partial charge in [-0.25, -0.2) is 28.4 Å². The molecule has 2 aromatic carbocycles. The third kappa shape index (κ3) is 4.04. The van der Waals surface area contributed by atoms with Crippen LogP contribution in [0.2, 0.25) is 0 Å². The Labute approximate surface area is 225 Å². The summed E-state index contributed by atoms with van der Waals surface area (Å²) in [5.41, 5.74) is 7.26. The van der Waals surface area contributed by atoms with E-state index >= 15 is 0 Å². The van der Waals surface area contributed by atoms with Crippen LogP contribution in [0.3, 0.4) is 0 Å². The van der Waals surface area contributed by atoms with Crippen molar-refractivity contribution < 1.29 is 17.9 Å². The lowest BCUT2D eigenvalue weighted by Crippen LogP contribution is -2.17. The predicted molar refractivity (Wildman–Crippen MR) is 145 cm³/mol. The fourth-order valence-corrected chi connectivity index (χ4v) is 4.73. The number of hydrogen-bond acceptors (Lipinski definition) is 8. The molecule has 1 atom stereocenters. The maximum absolute atomic E-state index is 15.0. The number of nitrogens with one attached hydrogen (secondary N) is 1. The largest absolute Gasteiger partial charge is 0.488 e. The first-order valence-corrected chi connectivity index (χ1v) is 12.4. The van der Waals surface area contributed by atoms with Gasteiger partial charge in [0.2, 0.25) is 5.43 Å². The number of aromatic amines is 1. The molecule has 0 saturated heterocycles. The minimum atomic E-state index is -0.752. The average Bonchev–Trinajstić information content (AvgIpc) is 3.58. The van der Waals surface area contributed by atoms with Gasteiger partial charge in [-0.05, 0) is 51.1 Å². The zero-order chi connectivity index (χ0) is 28.1. The highest BCUT2D eigenvalue weighted by molar-refractivity contribution is 5.98. The van der Waals surface area contributed by atoms with Crippen LogP contribution in [0.4, 0.5) is 14.6 Å². The number of halogens is 2. The molecule has 4 heterocycles. The van der Waals surface area contributed by atoms with Crippen molar-refractivity contribution in [2.75, 3.05) is 5.73 Å². The highest BCUT2D eigenvalue weighted by atomic mass is 19.1. The molecular formula is C28H23F2N7O3. The Hall–Kier alpha value is -5.13. The van der Waals surface area contributed by atoms with Gasteiger partial charge in [0.1, 0.15) is 46.4 Å². The summed E-state index contributed by atoms with van der Waals surface area (Å²) in [6.45, 7) is 5.36. The van der Waals surface area contributed by atoms with Gasteiger partial charge in [-0.2, -0.15) is 5.10 Å². The summed E-state index contributed by atoms with van der Waals surface area (Å²) in [5, 5.41) is 4.95. The Balaban J connectivity index is 1.58. The van der Waals surface area contributed by atoms with E-state index in [1.165, 1.54) is 53.9 Å². The van der Waals surface area contributed by atoms with Gasteiger partial charge in [-0.15, -0.1) is 0 Å². The average molecular weight is 544 g/mol. The first-order chi connectivity index (χ1) is 19.2. The van der Waals surface area contributed by atoms with Crippen LogP contribution in [0.5, 0.6) is 5.75 Å². The second kappa shape index (κ2) is 9.56. The molecule has 10 nitrogen and oxygen atoms in total. The van der Waals surface area contributed by atoms with Crippen molar-refractivity contribution in [1.29, 1.82) is 0 Å². The number of nitrogens with zero attached hydrogens (tertiary/aromatic N) is 5. The van der Waals surface area contributed by atoms with Crippen LogP contribution in [-0.4, -0.2) is 35.8 Å². The number of ether oxygens (including phenoxy) is 1. The maximum Gasteiger partial charge on any atom is 0.205 e. The zero-order valence-corrected chi connectivity index (χ0v) is 21.6. The number of anilines is 1. The van der Waals surface area contributed by atoms with E-state index in [-0.39, 0.29) is 40.0 Å². The van der Waals surface area contributed by atoms with Gasteiger partial charge in [-0.3, -0.25) is 4.79 Å². The minimum absolute atomic E-state index is 0.0729. The van der Waals surface area contributed by atoms with E-state index in [0.29, 0.717) is 28.0 Å². The predicted octanol–water partition coefficient (Wildman–Crippen LogP) is 5.25. The molecule has 12 heteroatoms. The number of nitrogens with two attached hydrogens (primary N) is 1. The smallest absolute Gasteiger partial charge is 0.205 e. The van der Waals surface area contributed by atoms with Gasteiger partial charge in [0.05, 0.1) is 35.3 Å². The third-order valence-electron chi connectivity index (χ3n) is 6.50. The molecule has 0 radical (unpaired) electrons. The van der Waals surface area contributed by atoms with Gasteiger partial charge in [0, 0.05) is 5.56 Å². The summed E-state index contributed by atoms with van der Waals surface area (Å²) in [5.74, 6) is -0.842. The first kappa shape index (κ1) is 25.2. The summed E-state index contributed by atoms with van der Waals surface area (Å²) in [7, 11) is 0. The normalized spacial score (nSPS) is 12.4. The van der Waals surface area contributed by atoms with Crippen LogP contribution < -0.4 is 15.9 Å². The number of rotatable bonds is 6. The van der Waals surface area contributed by atoms with E-state index in [2.05, 4.69) is 19.9 Å². The Bertz CT molecular complexity index is 1950. The lowest BCUT2D eigenvalue weighted by molar-refractivity contribution is 0.231. The number of H-pyrrole nitrogens is 1. The number of aromatic nitrogens is 6. The van der Waals surface area contributed by atoms with Crippen LogP contribution >= 0.6 is 0 Å². The van der Waals surface area contributed by atoms with Gasteiger partial charge in [0.25, 0.3) is 0 Å². The van der Waals surface area contributed by atoms with Crippen LogP contribution in [0.1, 0.15) is 32.6 Å². The summed E-state index contributed by atoms with van der Waals surface area (Å²) >= 11 is 0. The van der Waals surface area contributed by atoms with Crippen LogP contribution in [-0.2, 0) is 0 Å². The summed E-state index contributed by atoms with van der Waals surface area (Å²) in [4.78, 5) is 29.0. The van der Waals surface area contributed by atoms with Gasteiger partial charge in [0.15, 0.2) is 17.2 Å². The SMILES string of the molecule is CC(C)Oc1ccc(-c2nn(C(C)c3oc4cccc(F)c4c(=O)c3-c3cnc[nH]3)c3ncnc(N)c23)cc1F. The lowest BCUT2D eigenvalue weighted by Gasteiger charge is -2.16. The van der Waals surface area contributed by atoms with Crippen molar-refractivity contribution in [3.05, 3.63) is 82.9 Å². The number of fused-ring (bicyclic) bond motifs is 2. The molecule has 0 fully saturated rings. The highest BCUT2D eigenvalue weighted by Crippen LogP contribution is 2.37. The molecule has 3 N–H and O–H groups in total. The molecule has 1 unspecified atom stereocenters. The molecule has 202 valence electrons. The molecule has 0 amide bonds. The quantitative estimate of drug-likeness (QED) is 0.291. The van der Waals surface area contributed by atoms with Crippen LogP contribution in [0, 0.1) is 11.6 Å². The molecule has 6 rings (SSSR count). The van der Waals surface area contributed by atoms with E-state index in [1.807, 2.05) is 0 Å². The second-order valence-electron chi connectivity index (χ2n) is 9.49. The molecule has 0 spiro atoms. The lowest BCUT2D eigenvalue weighted by atomic mass is 10.0. The van der Waals surface area contributed by atoms with E-state index in [9.17, 15) is 13.6 Å². The molecule has 0 aliphatic heterocycles. The second-order valence-corrected chi connectivity index (χ2v) is 9.49. The number of benzene rings is 2.